The molecule has 0 saturated carbocycles. The van der Waals surface area contributed by atoms with Crippen LogP contribution in [0, 0.1) is 0 Å². The highest BCUT2D eigenvalue weighted by Gasteiger charge is 2.55. The fourth-order valence-corrected chi connectivity index (χ4v) is 4.94. The fourth-order valence-electron chi connectivity index (χ4n) is 3.30. The standard InChI is InChI=1S/C18H25NO6S/c1-12(2)19(16(22)25-17(3,4)5)18(15(20)21)10-11-26(23,24)14-9-7-6-8-13(14)18/h6-9,12H,10-11H2,1-5H3,(H,20,21). The third kappa shape index (κ3) is 3.42. The van der Waals surface area contributed by atoms with Crippen molar-refractivity contribution in [2.75, 3.05) is 5.75 Å². The average Bonchev–Trinajstić information content (AvgIpc) is 2.48. The van der Waals surface area contributed by atoms with E-state index in [1.165, 1.54) is 12.1 Å². The highest BCUT2D eigenvalue weighted by atomic mass is 32.2. The second kappa shape index (κ2) is 6.57. The van der Waals surface area contributed by atoms with E-state index in [9.17, 15) is 23.1 Å². The zero-order valence-electron chi connectivity index (χ0n) is 15.6. The van der Waals surface area contributed by atoms with Crippen LogP contribution in [0.5, 0.6) is 0 Å². The van der Waals surface area contributed by atoms with Crippen molar-refractivity contribution in [3.63, 3.8) is 0 Å². The van der Waals surface area contributed by atoms with E-state index in [1.54, 1.807) is 46.8 Å². The first-order valence-corrected chi connectivity index (χ1v) is 10.1. The Balaban J connectivity index is 2.73. The first-order chi connectivity index (χ1) is 11.8. The molecule has 1 aliphatic heterocycles. The van der Waals surface area contributed by atoms with Crippen LogP contribution >= 0.6 is 0 Å². The number of carbonyl (C=O) groups is 2. The molecule has 1 unspecified atom stereocenters. The topological polar surface area (TPSA) is 101 Å². The number of aliphatic carboxylic acids is 1. The highest BCUT2D eigenvalue weighted by Crippen LogP contribution is 2.43. The number of carbonyl (C=O) groups excluding carboxylic acids is 1. The highest BCUT2D eigenvalue weighted by molar-refractivity contribution is 7.91. The van der Waals surface area contributed by atoms with Crippen LogP contribution < -0.4 is 0 Å². The molecule has 1 heterocycles. The maximum absolute atomic E-state index is 12.9. The summed E-state index contributed by atoms with van der Waals surface area (Å²) in [5.41, 5.74) is -2.53. The van der Waals surface area contributed by atoms with Gasteiger partial charge in [-0.15, -0.1) is 0 Å². The van der Waals surface area contributed by atoms with E-state index in [4.69, 9.17) is 4.74 Å². The molecule has 1 aromatic carbocycles. The van der Waals surface area contributed by atoms with Crippen molar-refractivity contribution >= 4 is 21.9 Å². The quantitative estimate of drug-likeness (QED) is 0.861. The molecule has 0 bridgehead atoms. The van der Waals surface area contributed by atoms with Crippen LogP contribution in [0.1, 0.15) is 46.6 Å². The molecule has 0 saturated heterocycles. The third-order valence-electron chi connectivity index (χ3n) is 4.27. The number of sulfone groups is 1. The molecule has 0 radical (unpaired) electrons. The van der Waals surface area contributed by atoms with E-state index in [2.05, 4.69) is 0 Å². The van der Waals surface area contributed by atoms with E-state index in [0.717, 1.165) is 4.90 Å². The van der Waals surface area contributed by atoms with E-state index < -0.39 is 39.1 Å². The summed E-state index contributed by atoms with van der Waals surface area (Å²) in [5, 5.41) is 10.1. The number of hydrogen-bond donors (Lipinski definition) is 1. The largest absolute Gasteiger partial charge is 0.479 e. The SMILES string of the molecule is CC(C)N(C(=O)OC(C)(C)C)C1(C(=O)O)CCS(=O)(=O)c2ccccc21. The second-order valence-corrected chi connectivity index (χ2v) is 9.75. The molecule has 7 nitrogen and oxygen atoms in total. The molecule has 8 heteroatoms. The molecule has 144 valence electrons. The van der Waals surface area contributed by atoms with Crippen molar-refractivity contribution in [1.82, 2.24) is 4.90 Å². The lowest BCUT2D eigenvalue weighted by Crippen LogP contribution is -2.60. The molecule has 1 aromatic rings. The maximum atomic E-state index is 12.9. The number of carboxylic acid groups (broad SMARTS) is 1. The number of fused-ring (bicyclic) bond motifs is 1. The minimum Gasteiger partial charge on any atom is -0.479 e. The molecule has 2 rings (SSSR count). The van der Waals surface area contributed by atoms with Crippen molar-refractivity contribution in [2.24, 2.45) is 0 Å². The van der Waals surface area contributed by atoms with Crippen LogP contribution in [0.25, 0.3) is 0 Å². The zero-order valence-corrected chi connectivity index (χ0v) is 16.5. The number of carboxylic acids is 1. The Morgan fingerprint density at radius 1 is 1.23 bits per heavy atom. The molecule has 1 amide bonds. The van der Waals surface area contributed by atoms with Crippen LogP contribution in [-0.2, 0) is 24.9 Å². The molecule has 1 N–H and O–H groups in total. The summed E-state index contributed by atoms with van der Waals surface area (Å²) in [6.07, 6.45) is -1.02. The summed E-state index contributed by atoms with van der Waals surface area (Å²) in [4.78, 5) is 26.4. The lowest BCUT2D eigenvalue weighted by molar-refractivity contribution is -0.154. The molecular formula is C18H25NO6S. The summed E-state index contributed by atoms with van der Waals surface area (Å²) < 4.78 is 30.3. The van der Waals surface area contributed by atoms with Crippen molar-refractivity contribution in [3.05, 3.63) is 29.8 Å². The van der Waals surface area contributed by atoms with E-state index in [0.29, 0.717) is 0 Å². The Labute approximate surface area is 153 Å². The third-order valence-corrected chi connectivity index (χ3v) is 6.04. The summed E-state index contributed by atoms with van der Waals surface area (Å²) in [6, 6.07) is 5.44. The fraction of sp³-hybridized carbons (Fsp3) is 0.556. The van der Waals surface area contributed by atoms with Gasteiger partial charge >= 0.3 is 12.1 Å². The summed E-state index contributed by atoms with van der Waals surface area (Å²) in [6.45, 7) is 8.43. The Morgan fingerprint density at radius 3 is 2.31 bits per heavy atom. The zero-order chi connectivity index (χ0) is 19.9. The normalized spacial score (nSPS) is 21.8. The number of hydrogen-bond acceptors (Lipinski definition) is 5. The van der Waals surface area contributed by atoms with Gasteiger partial charge in [0.25, 0.3) is 0 Å². The smallest absolute Gasteiger partial charge is 0.411 e. The summed E-state index contributed by atoms with van der Waals surface area (Å²) >= 11 is 0. The Bertz CT molecular complexity index is 824. The molecule has 1 atom stereocenters. The Kier molecular flexibility index (Phi) is 5.11. The van der Waals surface area contributed by atoms with Crippen LogP contribution in [-0.4, -0.2) is 47.9 Å². The molecule has 0 fully saturated rings. The number of benzene rings is 1. The Morgan fingerprint density at radius 2 is 1.81 bits per heavy atom. The summed E-state index contributed by atoms with van der Waals surface area (Å²) in [7, 11) is -3.61. The average molecular weight is 383 g/mol. The molecule has 0 aromatic heterocycles. The van der Waals surface area contributed by atoms with Gasteiger partial charge in [-0.05, 0) is 40.7 Å². The predicted octanol–water partition coefficient (Wildman–Crippen LogP) is 2.79. The molecule has 26 heavy (non-hydrogen) atoms. The number of rotatable bonds is 3. The minimum atomic E-state index is -3.61. The number of ether oxygens (including phenoxy) is 1. The lowest BCUT2D eigenvalue weighted by Gasteiger charge is -2.45. The van der Waals surface area contributed by atoms with Gasteiger partial charge in [0.05, 0.1) is 10.6 Å². The molecule has 1 aliphatic rings. The van der Waals surface area contributed by atoms with E-state index >= 15 is 0 Å². The van der Waals surface area contributed by atoms with Crippen LogP contribution in [0.3, 0.4) is 0 Å². The van der Waals surface area contributed by atoms with Crippen LogP contribution in [0.15, 0.2) is 29.2 Å². The first-order valence-electron chi connectivity index (χ1n) is 8.41. The van der Waals surface area contributed by atoms with Crippen molar-refractivity contribution in [3.8, 4) is 0 Å². The number of nitrogens with zero attached hydrogens (tertiary/aromatic N) is 1. The van der Waals surface area contributed by atoms with Crippen molar-refractivity contribution < 1.29 is 27.9 Å². The van der Waals surface area contributed by atoms with Gasteiger partial charge in [0.2, 0.25) is 0 Å². The summed E-state index contributed by atoms with van der Waals surface area (Å²) in [5.74, 6) is -1.64. The van der Waals surface area contributed by atoms with Gasteiger partial charge in [0, 0.05) is 18.0 Å². The molecule has 0 aliphatic carbocycles. The number of amides is 1. The minimum absolute atomic E-state index is 0.0529. The van der Waals surface area contributed by atoms with Gasteiger partial charge in [0.1, 0.15) is 5.60 Å². The van der Waals surface area contributed by atoms with E-state index in [1.807, 2.05) is 0 Å². The maximum Gasteiger partial charge on any atom is 0.411 e. The van der Waals surface area contributed by atoms with Gasteiger partial charge in [-0.2, -0.15) is 0 Å². The van der Waals surface area contributed by atoms with Crippen LogP contribution in [0.2, 0.25) is 0 Å². The second-order valence-electron chi connectivity index (χ2n) is 7.67. The molecular weight excluding hydrogens is 358 g/mol. The monoisotopic (exact) mass is 383 g/mol. The van der Waals surface area contributed by atoms with Crippen LogP contribution in [0.4, 0.5) is 4.79 Å². The van der Waals surface area contributed by atoms with Gasteiger partial charge in [0.15, 0.2) is 15.4 Å². The van der Waals surface area contributed by atoms with Crippen molar-refractivity contribution in [1.29, 1.82) is 0 Å². The van der Waals surface area contributed by atoms with E-state index in [-0.39, 0.29) is 22.6 Å². The van der Waals surface area contributed by atoms with Gasteiger partial charge in [-0.25, -0.2) is 18.0 Å². The first kappa shape index (κ1) is 20.2. The predicted molar refractivity (Wildman–Crippen MR) is 95.6 cm³/mol. The van der Waals surface area contributed by atoms with Gasteiger partial charge in [-0.3, -0.25) is 4.90 Å². The Hall–Kier alpha value is -2.09. The molecule has 0 spiro atoms. The lowest BCUT2D eigenvalue weighted by atomic mass is 9.84. The van der Waals surface area contributed by atoms with Crippen molar-refractivity contribution in [2.45, 2.75) is 63.1 Å². The van der Waals surface area contributed by atoms with Gasteiger partial charge < -0.3 is 9.84 Å². The van der Waals surface area contributed by atoms with Gasteiger partial charge in [-0.1, -0.05) is 18.2 Å².